The van der Waals surface area contributed by atoms with Crippen LogP contribution in [-0.2, 0) is 5.54 Å². The highest BCUT2D eigenvalue weighted by molar-refractivity contribution is 6.10. The maximum absolute atomic E-state index is 10.1. The van der Waals surface area contributed by atoms with Gasteiger partial charge in [-0.3, -0.25) is 0 Å². The van der Waals surface area contributed by atoms with Crippen molar-refractivity contribution >= 4 is 11.3 Å². The van der Waals surface area contributed by atoms with Crippen LogP contribution in [0.25, 0.3) is 5.57 Å². The van der Waals surface area contributed by atoms with E-state index in [1.165, 1.54) is 28.0 Å². The van der Waals surface area contributed by atoms with Crippen LogP contribution in [0.4, 0.5) is 0 Å². The van der Waals surface area contributed by atoms with Crippen molar-refractivity contribution in [2.75, 3.05) is 6.54 Å². The van der Waals surface area contributed by atoms with E-state index in [0.717, 1.165) is 19.4 Å². The highest BCUT2D eigenvalue weighted by atomic mass is 15.1. The molecule has 1 fully saturated rings. The molecule has 0 aliphatic carbocycles. The predicted octanol–water partition coefficient (Wildman–Crippen LogP) is 5.41. The summed E-state index contributed by atoms with van der Waals surface area (Å²) in [6, 6.07) is 34.5. The smallest absolute Gasteiger partial charge is 0.208 e. The second-order valence-electron chi connectivity index (χ2n) is 7.88. The third-order valence-corrected chi connectivity index (χ3v) is 6.40. The van der Waals surface area contributed by atoms with Crippen LogP contribution in [0, 0.1) is 17.2 Å². The number of allylic oxidation sites excluding steroid dienone is 1. The zero-order valence-electron chi connectivity index (χ0n) is 16.3. The maximum atomic E-state index is 10.1. The van der Waals surface area contributed by atoms with Gasteiger partial charge in [-0.25, -0.2) is 4.58 Å². The third kappa shape index (κ3) is 2.82. The maximum Gasteiger partial charge on any atom is 0.208 e. The minimum Gasteiger partial charge on any atom is -0.218 e. The van der Waals surface area contributed by atoms with Crippen LogP contribution < -0.4 is 0 Å². The molecular weight excluding hydrogens is 352 g/mol. The van der Waals surface area contributed by atoms with Crippen molar-refractivity contribution < 1.29 is 4.58 Å². The Bertz CT molecular complexity index is 1120. The van der Waals surface area contributed by atoms with Gasteiger partial charge in [-0.05, 0) is 23.3 Å². The molecule has 3 aromatic rings. The molecule has 2 aliphatic rings. The van der Waals surface area contributed by atoms with Crippen molar-refractivity contribution in [2.24, 2.45) is 5.92 Å². The summed E-state index contributed by atoms with van der Waals surface area (Å²) in [4.78, 5) is 0. The monoisotopic (exact) mass is 375 g/mol. The van der Waals surface area contributed by atoms with Gasteiger partial charge >= 0.3 is 0 Å². The summed E-state index contributed by atoms with van der Waals surface area (Å²) in [5.74, 6) is -0.0453. The van der Waals surface area contributed by atoms with Gasteiger partial charge in [0, 0.05) is 30.0 Å². The van der Waals surface area contributed by atoms with E-state index in [1.807, 2.05) is 0 Å². The SMILES string of the molecule is N#CC1CC[N+]2=C(c3ccccc3)C=C(c3ccccc3)CC12c1ccccc1. The lowest BCUT2D eigenvalue weighted by Gasteiger charge is -2.33. The average molecular weight is 375 g/mol. The molecule has 5 rings (SSSR count). The normalized spacial score (nSPS) is 23.3. The Balaban J connectivity index is 1.80. The summed E-state index contributed by atoms with van der Waals surface area (Å²) in [7, 11) is 0. The topological polar surface area (TPSA) is 26.8 Å². The first-order valence-electron chi connectivity index (χ1n) is 10.2. The molecule has 2 heterocycles. The highest BCUT2D eigenvalue weighted by Gasteiger charge is 2.58. The van der Waals surface area contributed by atoms with E-state index in [0.29, 0.717) is 0 Å². The Hall–Kier alpha value is -3.44. The van der Waals surface area contributed by atoms with Crippen molar-refractivity contribution in [1.29, 1.82) is 5.26 Å². The fourth-order valence-corrected chi connectivity index (χ4v) is 5.07. The first-order valence-corrected chi connectivity index (χ1v) is 10.2. The van der Waals surface area contributed by atoms with Crippen LogP contribution in [0.3, 0.4) is 0 Å². The van der Waals surface area contributed by atoms with Gasteiger partial charge in [-0.15, -0.1) is 0 Å². The van der Waals surface area contributed by atoms with E-state index in [-0.39, 0.29) is 11.5 Å². The van der Waals surface area contributed by atoms with E-state index >= 15 is 0 Å². The van der Waals surface area contributed by atoms with Crippen molar-refractivity contribution in [3.63, 3.8) is 0 Å². The summed E-state index contributed by atoms with van der Waals surface area (Å²) in [6.45, 7) is 0.899. The summed E-state index contributed by atoms with van der Waals surface area (Å²) >= 11 is 0. The van der Waals surface area contributed by atoms with Crippen LogP contribution in [0.1, 0.15) is 29.5 Å². The van der Waals surface area contributed by atoms with Crippen molar-refractivity contribution in [3.8, 4) is 6.07 Å². The molecule has 0 saturated carbocycles. The number of fused-ring (bicyclic) bond motifs is 1. The Labute approximate surface area is 172 Å². The second kappa shape index (κ2) is 7.18. The predicted molar refractivity (Wildman–Crippen MR) is 117 cm³/mol. The van der Waals surface area contributed by atoms with E-state index in [1.54, 1.807) is 0 Å². The molecule has 2 heteroatoms. The van der Waals surface area contributed by atoms with Gasteiger partial charge < -0.3 is 0 Å². The molecule has 0 bridgehead atoms. The van der Waals surface area contributed by atoms with Crippen LogP contribution in [0.5, 0.6) is 0 Å². The molecule has 29 heavy (non-hydrogen) atoms. The van der Waals surface area contributed by atoms with Gasteiger partial charge in [0.15, 0.2) is 0 Å². The van der Waals surface area contributed by atoms with Crippen molar-refractivity contribution in [2.45, 2.75) is 18.4 Å². The van der Waals surface area contributed by atoms with E-state index in [4.69, 9.17) is 0 Å². The molecule has 0 aromatic heterocycles. The first-order chi connectivity index (χ1) is 14.3. The van der Waals surface area contributed by atoms with Crippen LogP contribution in [0.2, 0.25) is 0 Å². The number of hydrogen-bond donors (Lipinski definition) is 0. The molecule has 3 aromatic carbocycles. The van der Waals surface area contributed by atoms with Gasteiger partial charge in [0.1, 0.15) is 12.5 Å². The minimum atomic E-state index is -0.332. The molecular formula is C27H23N2+. The molecule has 1 saturated heterocycles. The molecule has 0 N–H and O–H groups in total. The highest BCUT2D eigenvalue weighted by Crippen LogP contribution is 2.49. The third-order valence-electron chi connectivity index (χ3n) is 6.40. The fraction of sp³-hybridized carbons (Fsp3) is 0.185. The standard InChI is InChI=1S/C27H23N2/c28-20-25-16-17-29-26(22-12-6-2-7-13-22)18-23(21-10-4-1-5-11-21)19-27(25,29)24-14-8-3-9-15-24/h1-15,18,25H,16-17,19H2/q+1. The lowest BCUT2D eigenvalue weighted by molar-refractivity contribution is -0.598. The van der Waals surface area contributed by atoms with Crippen molar-refractivity contribution in [3.05, 3.63) is 114 Å². The molecule has 0 radical (unpaired) electrons. The Morgan fingerprint density at radius 2 is 1.38 bits per heavy atom. The lowest BCUT2D eigenvalue weighted by atomic mass is 9.72. The number of nitriles is 1. The van der Waals surface area contributed by atoms with E-state index in [9.17, 15) is 5.26 Å². The van der Waals surface area contributed by atoms with Gasteiger partial charge in [-0.1, -0.05) is 78.9 Å². The average Bonchev–Trinajstić information content (AvgIpc) is 3.20. The van der Waals surface area contributed by atoms with Gasteiger partial charge in [0.05, 0.1) is 6.07 Å². The molecule has 2 unspecified atom stereocenters. The molecule has 0 amide bonds. The van der Waals surface area contributed by atoms with Crippen molar-refractivity contribution in [1.82, 2.24) is 0 Å². The van der Waals surface area contributed by atoms with Gasteiger partial charge in [-0.2, -0.15) is 5.26 Å². The number of nitrogens with zero attached hydrogens (tertiary/aromatic N) is 2. The number of hydrogen-bond acceptors (Lipinski definition) is 1. The molecule has 2 nitrogen and oxygen atoms in total. The quantitative estimate of drug-likeness (QED) is 0.562. The summed E-state index contributed by atoms with van der Waals surface area (Å²) in [5.41, 5.74) is 5.86. The zero-order valence-corrected chi connectivity index (χ0v) is 16.3. The first kappa shape index (κ1) is 17.6. The van der Waals surface area contributed by atoms with E-state index in [2.05, 4.69) is 108 Å². The van der Waals surface area contributed by atoms with Gasteiger partial charge in [0.25, 0.3) is 0 Å². The van der Waals surface area contributed by atoms with Crippen LogP contribution in [0.15, 0.2) is 97.1 Å². The number of benzene rings is 3. The fourth-order valence-electron chi connectivity index (χ4n) is 5.07. The van der Waals surface area contributed by atoms with Gasteiger partial charge in [0.2, 0.25) is 11.3 Å². The van der Waals surface area contributed by atoms with Crippen LogP contribution in [-0.4, -0.2) is 16.8 Å². The lowest BCUT2D eigenvalue weighted by Crippen LogP contribution is -2.44. The molecule has 2 atom stereocenters. The Kier molecular flexibility index (Phi) is 4.37. The molecule has 140 valence electrons. The zero-order chi connectivity index (χ0) is 19.7. The largest absolute Gasteiger partial charge is 0.218 e. The minimum absolute atomic E-state index is 0.0453. The van der Waals surface area contributed by atoms with E-state index < -0.39 is 0 Å². The second-order valence-corrected chi connectivity index (χ2v) is 7.88. The Morgan fingerprint density at radius 1 is 0.793 bits per heavy atom. The molecule has 2 aliphatic heterocycles. The Morgan fingerprint density at radius 3 is 2.00 bits per heavy atom. The summed E-state index contributed by atoms with van der Waals surface area (Å²) in [5, 5.41) is 10.1. The van der Waals surface area contributed by atoms with Crippen LogP contribution >= 0.6 is 0 Å². The summed E-state index contributed by atoms with van der Waals surface area (Å²) < 4.78 is 2.50. The number of rotatable bonds is 3. The molecule has 0 spiro atoms. The summed E-state index contributed by atoms with van der Waals surface area (Å²) in [6.07, 6.45) is 4.07.